The maximum atomic E-state index is 13.2. The Bertz CT molecular complexity index is 666. The Labute approximate surface area is 108 Å². The molecule has 19 heavy (non-hydrogen) atoms. The number of benzene rings is 1. The molecule has 6 heteroatoms. The number of rotatable bonds is 2. The fourth-order valence-electron chi connectivity index (χ4n) is 2.41. The molecule has 1 atom stereocenters. The van der Waals surface area contributed by atoms with Crippen LogP contribution >= 0.6 is 0 Å². The van der Waals surface area contributed by atoms with Crippen LogP contribution in [0.2, 0.25) is 0 Å². The Morgan fingerprint density at radius 1 is 1.58 bits per heavy atom. The molecule has 3 rings (SSSR count). The van der Waals surface area contributed by atoms with Gasteiger partial charge in [-0.05, 0) is 24.6 Å². The third-order valence-electron chi connectivity index (χ3n) is 3.26. The minimum absolute atomic E-state index is 0.156. The van der Waals surface area contributed by atoms with Crippen molar-refractivity contribution in [3.05, 3.63) is 46.9 Å². The summed E-state index contributed by atoms with van der Waals surface area (Å²) in [6.07, 6.45) is 0. The van der Waals surface area contributed by atoms with Crippen molar-refractivity contribution in [2.24, 2.45) is 0 Å². The van der Waals surface area contributed by atoms with E-state index < -0.39 is 5.97 Å². The van der Waals surface area contributed by atoms with E-state index in [2.05, 4.69) is 10.4 Å². The van der Waals surface area contributed by atoms with Crippen molar-refractivity contribution in [1.82, 2.24) is 9.78 Å². The van der Waals surface area contributed by atoms with E-state index in [1.165, 1.54) is 12.1 Å². The van der Waals surface area contributed by atoms with Crippen molar-refractivity contribution in [3.8, 4) is 0 Å². The Kier molecular flexibility index (Phi) is 2.51. The van der Waals surface area contributed by atoms with Gasteiger partial charge in [0.25, 0.3) is 0 Å². The van der Waals surface area contributed by atoms with E-state index in [-0.39, 0.29) is 17.4 Å². The molecule has 1 aromatic heterocycles. The van der Waals surface area contributed by atoms with E-state index in [9.17, 15) is 9.18 Å². The molecule has 0 aliphatic carbocycles. The van der Waals surface area contributed by atoms with E-state index in [1.807, 2.05) is 0 Å². The number of carbonyl (C=O) groups is 1. The van der Waals surface area contributed by atoms with Gasteiger partial charge in [-0.25, -0.2) is 13.9 Å². The first-order valence-corrected chi connectivity index (χ1v) is 5.89. The Hall–Kier alpha value is -2.37. The van der Waals surface area contributed by atoms with Crippen LogP contribution in [0.5, 0.6) is 0 Å². The summed E-state index contributed by atoms with van der Waals surface area (Å²) in [5, 5.41) is 16.5. The van der Waals surface area contributed by atoms with Crippen LogP contribution < -0.4 is 5.32 Å². The molecule has 98 valence electrons. The van der Waals surface area contributed by atoms with Crippen LogP contribution in [0.25, 0.3) is 0 Å². The fraction of sp³-hybridized carbons (Fsp3) is 0.231. The summed E-state index contributed by atoms with van der Waals surface area (Å²) in [6.45, 7) is 2.15. The van der Waals surface area contributed by atoms with Crippen LogP contribution in [0.15, 0.2) is 24.3 Å². The van der Waals surface area contributed by atoms with Gasteiger partial charge in [-0.2, -0.15) is 5.10 Å². The quantitative estimate of drug-likeness (QED) is 0.869. The fourth-order valence-corrected chi connectivity index (χ4v) is 2.41. The number of anilines is 1. The average Bonchev–Trinajstić information content (AvgIpc) is 2.84. The third-order valence-corrected chi connectivity index (χ3v) is 3.26. The number of aryl methyl sites for hydroxylation is 1. The highest BCUT2D eigenvalue weighted by Crippen LogP contribution is 2.32. The minimum Gasteiger partial charge on any atom is -0.477 e. The van der Waals surface area contributed by atoms with Crippen molar-refractivity contribution in [3.63, 3.8) is 0 Å². The van der Waals surface area contributed by atoms with Gasteiger partial charge in [-0.15, -0.1) is 0 Å². The van der Waals surface area contributed by atoms with E-state index in [4.69, 9.17) is 5.11 Å². The lowest BCUT2D eigenvalue weighted by molar-refractivity contribution is 0.0697. The SMILES string of the molecule is Cc1nn2c(c1C(=O)O)N[C@H](c1cccc(F)c1)C2. The number of halogens is 1. The second-order valence-corrected chi connectivity index (χ2v) is 4.55. The summed E-state index contributed by atoms with van der Waals surface area (Å²) >= 11 is 0. The normalized spacial score (nSPS) is 17.1. The molecule has 0 fully saturated rings. The van der Waals surface area contributed by atoms with Gasteiger partial charge in [0.1, 0.15) is 17.2 Å². The number of carboxylic acids is 1. The summed E-state index contributed by atoms with van der Waals surface area (Å²) in [5.74, 6) is -0.830. The van der Waals surface area contributed by atoms with Crippen LogP contribution in [0.1, 0.15) is 27.7 Å². The topological polar surface area (TPSA) is 67.2 Å². The zero-order valence-corrected chi connectivity index (χ0v) is 10.2. The molecule has 0 spiro atoms. The molecule has 1 aromatic carbocycles. The lowest BCUT2D eigenvalue weighted by atomic mass is 10.1. The molecule has 0 bridgehead atoms. The maximum Gasteiger partial charge on any atom is 0.341 e. The summed E-state index contributed by atoms with van der Waals surface area (Å²) < 4.78 is 14.8. The molecule has 2 N–H and O–H groups in total. The van der Waals surface area contributed by atoms with Gasteiger partial charge in [0.2, 0.25) is 0 Å². The lowest BCUT2D eigenvalue weighted by Gasteiger charge is -2.11. The number of hydrogen-bond donors (Lipinski definition) is 2. The summed E-state index contributed by atoms with van der Waals surface area (Å²) in [5.41, 5.74) is 1.44. The molecule has 0 radical (unpaired) electrons. The molecule has 2 heterocycles. The maximum absolute atomic E-state index is 13.2. The van der Waals surface area contributed by atoms with Gasteiger partial charge in [0, 0.05) is 0 Å². The van der Waals surface area contributed by atoms with Crippen LogP contribution in [0.3, 0.4) is 0 Å². The van der Waals surface area contributed by atoms with Crippen molar-refractivity contribution in [2.45, 2.75) is 19.5 Å². The number of aromatic nitrogens is 2. The van der Waals surface area contributed by atoms with Gasteiger partial charge in [0.15, 0.2) is 0 Å². The van der Waals surface area contributed by atoms with Crippen LogP contribution in [-0.2, 0) is 6.54 Å². The van der Waals surface area contributed by atoms with Crippen molar-refractivity contribution >= 4 is 11.8 Å². The second-order valence-electron chi connectivity index (χ2n) is 4.55. The highest BCUT2D eigenvalue weighted by atomic mass is 19.1. The van der Waals surface area contributed by atoms with Crippen molar-refractivity contribution in [2.75, 3.05) is 5.32 Å². The molecule has 5 nitrogen and oxygen atoms in total. The highest BCUT2D eigenvalue weighted by Gasteiger charge is 2.30. The number of carboxylic acid groups (broad SMARTS) is 1. The predicted molar refractivity (Wildman–Crippen MR) is 66.7 cm³/mol. The largest absolute Gasteiger partial charge is 0.477 e. The first-order chi connectivity index (χ1) is 9.06. The monoisotopic (exact) mass is 261 g/mol. The zero-order chi connectivity index (χ0) is 13.6. The molecule has 0 amide bonds. The number of aromatic carboxylic acids is 1. The zero-order valence-electron chi connectivity index (χ0n) is 10.2. The van der Waals surface area contributed by atoms with Gasteiger partial charge in [-0.3, -0.25) is 0 Å². The molecule has 1 aliphatic heterocycles. The van der Waals surface area contributed by atoms with Crippen LogP contribution in [-0.4, -0.2) is 20.9 Å². The smallest absolute Gasteiger partial charge is 0.341 e. The molecular weight excluding hydrogens is 249 g/mol. The van der Waals surface area contributed by atoms with Crippen molar-refractivity contribution in [1.29, 1.82) is 0 Å². The molecule has 2 aromatic rings. The minimum atomic E-state index is -1.01. The molecule has 1 aliphatic rings. The van der Waals surface area contributed by atoms with Gasteiger partial charge in [0.05, 0.1) is 18.3 Å². The third kappa shape index (κ3) is 1.85. The predicted octanol–water partition coefficient (Wildman–Crippen LogP) is 2.20. The Morgan fingerprint density at radius 2 is 2.37 bits per heavy atom. The average molecular weight is 261 g/mol. The number of hydrogen-bond acceptors (Lipinski definition) is 3. The standard InChI is InChI=1S/C13H12FN3O2/c1-7-11(13(18)19)12-15-10(6-17(12)16-7)8-3-2-4-9(14)5-8/h2-5,10,15H,6H2,1H3,(H,18,19)/t10-/m0/s1. The first kappa shape index (κ1) is 11.7. The second kappa shape index (κ2) is 4.08. The molecule has 0 saturated heterocycles. The summed E-state index contributed by atoms with van der Waals surface area (Å²) in [6, 6.07) is 6.11. The molecule has 0 unspecified atom stereocenters. The highest BCUT2D eigenvalue weighted by molar-refractivity contribution is 5.95. The lowest BCUT2D eigenvalue weighted by Crippen LogP contribution is -2.10. The first-order valence-electron chi connectivity index (χ1n) is 5.89. The van der Waals surface area contributed by atoms with E-state index >= 15 is 0 Å². The van der Waals surface area contributed by atoms with Crippen LogP contribution in [0.4, 0.5) is 10.2 Å². The van der Waals surface area contributed by atoms with Gasteiger partial charge < -0.3 is 10.4 Å². The number of nitrogens with one attached hydrogen (secondary N) is 1. The van der Waals surface area contributed by atoms with Crippen LogP contribution in [0, 0.1) is 12.7 Å². The molecular formula is C13H12FN3O2. The number of nitrogens with zero attached hydrogens (tertiary/aromatic N) is 2. The van der Waals surface area contributed by atoms with E-state index in [0.29, 0.717) is 18.1 Å². The van der Waals surface area contributed by atoms with Crippen molar-refractivity contribution < 1.29 is 14.3 Å². The van der Waals surface area contributed by atoms with Gasteiger partial charge in [-0.1, -0.05) is 12.1 Å². The number of fused-ring (bicyclic) bond motifs is 1. The Morgan fingerprint density at radius 3 is 3.05 bits per heavy atom. The van der Waals surface area contributed by atoms with Gasteiger partial charge >= 0.3 is 5.97 Å². The molecule has 0 saturated carbocycles. The van der Waals surface area contributed by atoms with E-state index in [1.54, 1.807) is 23.7 Å². The Balaban J connectivity index is 1.95. The summed E-state index contributed by atoms with van der Waals surface area (Å²) in [7, 11) is 0. The van der Waals surface area contributed by atoms with E-state index in [0.717, 1.165) is 5.56 Å². The summed E-state index contributed by atoms with van der Waals surface area (Å²) in [4.78, 5) is 11.2.